The molecule has 1 saturated heterocycles. The monoisotopic (exact) mass is 520 g/mol. The number of rotatable bonds is 9. The van der Waals surface area contributed by atoms with E-state index in [-0.39, 0.29) is 25.9 Å². The number of carbonyl (C=O) groups is 1. The molecule has 3 aromatic carbocycles. The number of carboxylic acid groups (broad SMARTS) is 1. The Labute approximate surface area is 219 Å². The molecule has 0 amide bonds. The molecule has 1 aromatic heterocycles. The summed E-state index contributed by atoms with van der Waals surface area (Å²) in [7, 11) is 0. The highest BCUT2D eigenvalue weighted by Gasteiger charge is 2.34. The van der Waals surface area contributed by atoms with E-state index in [0.717, 1.165) is 33.2 Å². The van der Waals surface area contributed by atoms with Crippen molar-refractivity contribution in [1.29, 1.82) is 0 Å². The average Bonchev–Trinajstić information content (AvgIpc) is 3.32. The van der Waals surface area contributed by atoms with E-state index < -0.39 is 11.9 Å². The second-order valence-electron chi connectivity index (χ2n) is 9.78. The standard InChI is InChI=1S/C30H30F2N2O4/c31-30(32)8-10-34(11-9-30)17-24-13-23(21-6-3-4-20(12-21)16-33)14-26-25(19-38-29(24)26)18-37-27-7-2-1-5-22(27)15-28(35)36/h1-7,12-14,19H,8-11,15-18,33H2,(H,35,36). The van der Waals surface area contributed by atoms with Crippen LogP contribution in [0.1, 0.15) is 35.1 Å². The Morgan fingerprint density at radius 2 is 1.79 bits per heavy atom. The molecular weight excluding hydrogens is 490 g/mol. The summed E-state index contributed by atoms with van der Waals surface area (Å²) in [5.74, 6) is -3.03. The first-order chi connectivity index (χ1) is 18.3. The Morgan fingerprint density at radius 3 is 2.55 bits per heavy atom. The van der Waals surface area contributed by atoms with E-state index in [0.29, 0.717) is 43.1 Å². The van der Waals surface area contributed by atoms with Gasteiger partial charge in [0, 0.05) is 61.1 Å². The average molecular weight is 521 g/mol. The highest BCUT2D eigenvalue weighted by Crippen LogP contribution is 2.35. The van der Waals surface area contributed by atoms with E-state index in [9.17, 15) is 18.7 Å². The number of furan rings is 1. The second kappa shape index (κ2) is 10.9. The van der Waals surface area contributed by atoms with Crippen molar-refractivity contribution < 1.29 is 27.8 Å². The summed E-state index contributed by atoms with van der Waals surface area (Å²) in [5, 5.41) is 10.1. The van der Waals surface area contributed by atoms with Gasteiger partial charge in [0.2, 0.25) is 0 Å². The van der Waals surface area contributed by atoms with Crippen LogP contribution in [0.15, 0.2) is 71.3 Å². The predicted molar refractivity (Wildman–Crippen MR) is 141 cm³/mol. The van der Waals surface area contributed by atoms with E-state index in [2.05, 4.69) is 6.07 Å². The zero-order valence-corrected chi connectivity index (χ0v) is 21.0. The number of aliphatic carboxylic acids is 1. The highest BCUT2D eigenvalue weighted by molar-refractivity contribution is 5.89. The molecule has 0 aliphatic carbocycles. The number of nitrogens with two attached hydrogens (primary N) is 1. The summed E-state index contributed by atoms with van der Waals surface area (Å²) in [6, 6.07) is 19.2. The molecule has 0 unspecified atom stereocenters. The Kier molecular flexibility index (Phi) is 7.44. The Balaban J connectivity index is 1.49. The summed E-state index contributed by atoms with van der Waals surface area (Å²) < 4.78 is 39.6. The minimum Gasteiger partial charge on any atom is -0.488 e. The van der Waals surface area contributed by atoms with Gasteiger partial charge >= 0.3 is 5.97 Å². The van der Waals surface area contributed by atoms with E-state index in [4.69, 9.17) is 14.9 Å². The number of likely N-dealkylation sites (tertiary alicyclic amines) is 1. The van der Waals surface area contributed by atoms with Crippen LogP contribution in [0.2, 0.25) is 0 Å². The first-order valence-electron chi connectivity index (χ1n) is 12.7. The number of para-hydroxylation sites is 1. The lowest BCUT2D eigenvalue weighted by Gasteiger charge is -2.31. The van der Waals surface area contributed by atoms with Crippen molar-refractivity contribution in [2.75, 3.05) is 13.1 Å². The molecule has 1 fully saturated rings. The first kappa shape index (κ1) is 25.9. The number of piperidine rings is 1. The van der Waals surface area contributed by atoms with Crippen molar-refractivity contribution in [3.63, 3.8) is 0 Å². The molecule has 0 bridgehead atoms. The van der Waals surface area contributed by atoms with Gasteiger partial charge in [-0.15, -0.1) is 0 Å². The van der Waals surface area contributed by atoms with Crippen LogP contribution in [0, 0.1) is 0 Å². The normalized spacial score (nSPS) is 15.6. The van der Waals surface area contributed by atoms with Gasteiger partial charge in [0.15, 0.2) is 0 Å². The van der Waals surface area contributed by atoms with Gasteiger partial charge in [-0.1, -0.05) is 36.4 Å². The smallest absolute Gasteiger partial charge is 0.307 e. The van der Waals surface area contributed by atoms with Gasteiger partial charge in [-0.25, -0.2) is 8.78 Å². The number of ether oxygens (including phenoxy) is 1. The second-order valence-corrected chi connectivity index (χ2v) is 9.78. The molecule has 0 radical (unpaired) electrons. The third-order valence-corrected chi connectivity index (χ3v) is 7.01. The van der Waals surface area contributed by atoms with Gasteiger partial charge in [0.1, 0.15) is 17.9 Å². The fourth-order valence-corrected chi connectivity index (χ4v) is 4.92. The van der Waals surface area contributed by atoms with E-state index in [1.807, 2.05) is 35.2 Å². The number of hydrogen-bond acceptors (Lipinski definition) is 5. The molecule has 3 N–H and O–H groups in total. The van der Waals surface area contributed by atoms with Gasteiger partial charge in [0.05, 0.1) is 12.7 Å². The highest BCUT2D eigenvalue weighted by atomic mass is 19.3. The minimum atomic E-state index is -2.61. The van der Waals surface area contributed by atoms with Gasteiger partial charge in [-0.3, -0.25) is 9.69 Å². The predicted octanol–water partition coefficient (Wildman–Crippen LogP) is 6.00. The van der Waals surface area contributed by atoms with E-state index in [1.54, 1.807) is 30.5 Å². The van der Waals surface area contributed by atoms with Crippen molar-refractivity contribution in [3.8, 4) is 16.9 Å². The molecule has 5 rings (SSSR count). The van der Waals surface area contributed by atoms with Crippen LogP contribution in [0.5, 0.6) is 5.75 Å². The van der Waals surface area contributed by atoms with Crippen molar-refractivity contribution in [2.45, 2.75) is 44.9 Å². The number of halogens is 2. The van der Waals surface area contributed by atoms with Gasteiger partial charge < -0.3 is 20.0 Å². The van der Waals surface area contributed by atoms with Gasteiger partial charge in [-0.2, -0.15) is 0 Å². The van der Waals surface area contributed by atoms with Crippen LogP contribution in [-0.4, -0.2) is 35.0 Å². The lowest BCUT2D eigenvalue weighted by atomic mass is 9.97. The molecule has 2 heterocycles. The number of fused-ring (bicyclic) bond motifs is 1. The fraction of sp³-hybridized carbons (Fsp3) is 0.300. The van der Waals surface area contributed by atoms with Crippen LogP contribution < -0.4 is 10.5 Å². The molecule has 0 atom stereocenters. The molecule has 8 heteroatoms. The lowest BCUT2D eigenvalue weighted by Crippen LogP contribution is -2.38. The Hall–Kier alpha value is -3.75. The maximum Gasteiger partial charge on any atom is 0.307 e. The van der Waals surface area contributed by atoms with Crippen molar-refractivity contribution in [3.05, 3.63) is 89.2 Å². The van der Waals surface area contributed by atoms with Crippen LogP contribution in [0.3, 0.4) is 0 Å². The summed E-state index contributed by atoms with van der Waals surface area (Å²) >= 11 is 0. The molecule has 4 aromatic rings. The minimum absolute atomic E-state index is 0.136. The van der Waals surface area contributed by atoms with Crippen LogP contribution in [0.25, 0.3) is 22.1 Å². The molecule has 198 valence electrons. The van der Waals surface area contributed by atoms with Crippen LogP contribution in [0.4, 0.5) is 8.78 Å². The number of carboxylic acids is 1. The van der Waals surface area contributed by atoms with Crippen molar-refractivity contribution >= 4 is 16.9 Å². The van der Waals surface area contributed by atoms with Gasteiger partial charge in [-0.05, 0) is 41.0 Å². The zero-order chi connectivity index (χ0) is 26.7. The summed E-state index contributed by atoms with van der Waals surface area (Å²) in [5.41, 5.74) is 11.9. The van der Waals surface area contributed by atoms with Crippen LogP contribution >= 0.6 is 0 Å². The van der Waals surface area contributed by atoms with Gasteiger partial charge in [0.25, 0.3) is 5.92 Å². The largest absolute Gasteiger partial charge is 0.488 e. The molecule has 1 aliphatic heterocycles. The number of alkyl halides is 2. The van der Waals surface area contributed by atoms with Crippen molar-refractivity contribution in [2.24, 2.45) is 5.73 Å². The summed E-state index contributed by atoms with van der Waals surface area (Å²) in [6.45, 7) is 1.74. The molecule has 38 heavy (non-hydrogen) atoms. The zero-order valence-electron chi connectivity index (χ0n) is 21.0. The quantitative estimate of drug-likeness (QED) is 0.282. The molecule has 0 spiro atoms. The number of benzene rings is 3. The van der Waals surface area contributed by atoms with E-state index in [1.165, 1.54) is 0 Å². The third-order valence-electron chi connectivity index (χ3n) is 7.01. The topological polar surface area (TPSA) is 88.9 Å². The maximum absolute atomic E-state index is 13.8. The SMILES string of the molecule is NCc1cccc(-c2cc(CN3CCC(F)(F)CC3)c3occ(COc4ccccc4CC(=O)O)c3c2)c1. The third kappa shape index (κ3) is 5.87. The van der Waals surface area contributed by atoms with Crippen molar-refractivity contribution in [1.82, 2.24) is 4.90 Å². The maximum atomic E-state index is 13.8. The number of nitrogens with zero attached hydrogens (tertiary/aromatic N) is 1. The lowest BCUT2D eigenvalue weighted by molar-refractivity contribution is -0.136. The summed E-state index contributed by atoms with van der Waals surface area (Å²) in [4.78, 5) is 13.3. The first-order valence-corrected chi connectivity index (χ1v) is 12.7. The molecule has 0 saturated carbocycles. The Morgan fingerprint density at radius 1 is 1.00 bits per heavy atom. The number of hydrogen-bond donors (Lipinski definition) is 2. The fourth-order valence-electron chi connectivity index (χ4n) is 4.92. The molecule has 6 nitrogen and oxygen atoms in total. The molecular formula is C30H30F2N2O4. The molecule has 1 aliphatic rings. The van der Waals surface area contributed by atoms with Crippen LogP contribution in [-0.2, 0) is 30.9 Å². The summed E-state index contributed by atoms with van der Waals surface area (Å²) in [6.07, 6.45) is 1.21. The van der Waals surface area contributed by atoms with E-state index >= 15 is 0 Å². The Bertz CT molecular complexity index is 1440.